The summed E-state index contributed by atoms with van der Waals surface area (Å²) in [5, 5.41) is 21.0. The van der Waals surface area contributed by atoms with Crippen molar-refractivity contribution in [3.05, 3.63) is 42.0 Å². The molecule has 9 nitrogen and oxygen atoms in total. The summed E-state index contributed by atoms with van der Waals surface area (Å²) in [6, 6.07) is 5.68. The molecule has 5 rings (SSSR count). The van der Waals surface area contributed by atoms with Gasteiger partial charge in [-0.3, -0.25) is 4.68 Å². The number of methoxy groups -OCH3 is 1. The first-order chi connectivity index (χ1) is 14.0. The van der Waals surface area contributed by atoms with Crippen molar-refractivity contribution in [2.24, 2.45) is 7.05 Å². The van der Waals surface area contributed by atoms with Crippen molar-refractivity contribution in [2.75, 3.05) is 12.8 Å². The molecular weight excluding hydrogens is 370 g/mol. The summed E-state index contributed by atoms with van der Waals surface area (Å²) in [6.07, 6.45) is 6.65. The van der Waals surface area contributed by atoms with Crippen molar-refractivity contribution in [3.63, 3.8) is 0 Å². The summed E-state index contributed by atoms with van der Waals surface area (Å²) in [5.74, 6) is 1.60. The van der Waals surface area contributed by atoms with Gasteiger partial charge < -0.3 is 15.6 Å². The summed E-state index contributed by atoms with van der Waals surface area (Å²) in [4.78, 5) is 9.27. The molecule has 1 saturated carbocycles. The van der Waals surface area contributed by atoms with Gasteiger partial charge in [-0.1, -0.05) is 6.07 Å². The Kier molecular flexibility index (Phi) is 3.95. The molecule has 2 atom stereocenters. The van der Waals surface area contributed by atoms with Crippen LogP contribution in [-0.4, -0.2) is 41.6 Å². The number of benzene rings is 1. The second-order valence-corrected chi connectivity index (χ2v) is 7.76. The highest BCUT2D eigenvalue weighted by Gasteiger charge is 2.39. The Morgan fingerprint density at radius 3 is 2.93 bits per heavy atom. The summed E-state index contributed by atoms with van der Waals surface area (Å²) in [6.45, 7) is 0. The Morgan fingerprint density at radius 2 is 2.17 bits per heavy atom. The molecule has 3 heterocycles. The second kappa shape index (κ2) is 6.41. The van der Waals surface area contributed by atoms with Crippen LogP contribution in [0, 0.1) is 0 Å². The lowest BCUT2D eigenvalue weighted by atomic mass is 9.75. The van der Waals surface area contributed by atoms with Gasteiger partial charge in [-0.2, -0.15) is 9.61 Å². The smallest absolute Gasteiger partial charge is 0.223 e. The second-order valence-electron chi connectivity index (χ2n) is 7.76. The third-order valence-corrected chi connectivity index (χ3v) is 5.86. The lowest BCUT2D eigenvalue weighted by molar-refractivity contribution is -0.00944. The minimum absolute atomic E-state index is 0.0221. The molecule has 1 aliphatic carbocycles. The van der Waals surface area contributed by atoms with Crippen molar-refractivity contribution in [3.8, 4) is 5.75 Å². The lowest BCUT2D eigenvalue weighted by Crippen LogP contribution is -2.32. The summed E-state index contributed by atoms with van der Waals surface area (Å²) in [5.41, 5.74) is 7.39. The lowest BCUT2D eigenvalue weighted by Gasteiger charge is -2.35. The Bertz CT molecular complexity index is 1210. The topological polar surface area (TPSA) is 116 Å². The molecule has 0 saturated heterocycles. The monoisotopic (exact) mass is 393 g/mol. The quantitative estimate of drug-likeness (QED) is 0.548. The number of nitrogens with zero attached hydrogens (tertiary/aromatic N) is 6. The molecule has 1 fully saturated rings. The van der Waals surface area contributed by atoms with Gasteiger partial charge in [-0.25, -0.2) is 9.97 Å². The molecule has 0 amide bonds. The molecule has 0 spiro atoms. The number of para-hydroxylation sites is 1. The Hall–Kier alpha value is -3.20. The number of anilines is 1. The zero-order chi connectivity index (χ0) is 20.2. The highest BCUT2D eigenvalue weighted by molar-refractivity contribution is 5.95. The third-order valence-electron chi connectivity index (χ3n) is 5.86. The van der Waals surface area contributed by atoms with Crippen LogP contribution in [0.5, 0.6) is 5.75 Å². The van der Waals surface area contributed by atoms with E-state index in [-0.39, 0.29) is 11.9 Å². The zero-order valence-corrected chi connectivity index (χ0v) is 16.4. The van der Waals surface area contributed by atoms with E-state index in [1.165, 1.54) is 0 Å². The van der Waals surface area contributed by atoms with Crippen LogP contribution in [0.4, 0.5) is 5.95 Å². The van der Waals surface area contributed by atoms with Crippen LogP contribution >= 0.6 is 0 Å². The Balaban J connectivity index is 1.58. The normalized spacial score (nSPS) is 22.4. The molecule has 9 heteroatoms. The summed E-state index contributed by atoms with van der Waals surface area (Å²) >= 11 is 0. The van der Waals surface area contributed by atoms with Crippen molar-refractivity contribution < 1.29 is 9.84 Å². The highest BCUT2D eigenvalue weighted by Crippen LogP contribution is 2.43. The van der Waals surface area contributed by atoms with Gasteiger partial charge in [0.1, 0.15) is 11.3 Å². The molecule has 0 bridgehead atoms. The number of nitrogen functional groups attached to an aromatic ring is 1. The maximum Gasteiger partial charge on any atom is 0.223 e. The number of ether oxygens (including phenoxy) is 1. The molecule has 3 aromatic heterocycles. The third kappa shape index (κ3) is 2.80. The minimum atomic E-state index is -0.927. The fraction of sp³-hybridized carbons (Fsp3) is 0.400. The van der Waals surface area contributed by atoms with Crippen LogP contribution in [0.3, 0.4) is 0 Å². The Morgan fingerprint density at radius 1 is 1.31 bits per heavy atom. The van der Waals surface area contributed by atoms with Gasteiger partial charge in [0.2, 0.25) is 5.95 Å². The first kappa shape index (κ1) is 17.9. The predicted octanol–water partition coefficient (Wildman–Crippen LogP) is 2.15. The minimum Gasteiger partial charge on any atom is -0.494 e. The molecule has 1 aromatic carbocycles. The van der Waals surface area contributed by atoms with E-state index >= 15 is 0 Å². The van der Waals surface area contributed by atoms with Gasteiger partial charge >= 0.3 is 0 Å². The largest absolute Gasteiger partial charge is 0.494 e. The first-order valence-electron chi connectivity index (χ1n) is 9.69. The van der Waals surface area contributed by atoms with Crippen LogP contribution in [0.15, 0.2) is 30.6 Å². The van der Waals surface area contributed by atoms with Crippen LogP contribution in [0.25, 0.3) is 16.6 Å². The van der Waals surface area contributed by atoms with Gasteiger partial charge in [-0.15, -0.1) is 5.10 Å². The Labute approximate surface area is 167 Å². The average Bonchev–Trinajstić information content (AvgIpc) is 3.35. The fourth-order valence-corrected chi connectivity index (χ4v) is 4.38. The van der Waals surface area contributed by atoms with E-state index in [0.29, 0.717) is 35.6 Å². The number of aryl methyl sites for hydroxylation is 1. The summed E-state index contributed by atoms with van der Waals surface area (Å²) < 4.78 is 8.71. The van der Waals surface area contributed by atoms with Gasteiger partial charge in [0.25, 0.3) is 0 Å². The van der Waals surface area contributed by atoms with E-state index in [9.17, 15) is 5.11 Å². The molecule has 0 aliphatic heterocycles. The van der Waals surface area contributed by atoms with Gasteiger partial charge in [0, 0.05) is 30.1 Å². The molecular formula is C20H23N7O2. The summed E-state index contributed by atoms with van der Waals surface area (Å²) in [7, 11) is 3.46. The van der Waals surface area contributed by atoms with Crippen molar-refractivity contribution >= 4 is 22.5 Å². The fourth-order valence-electron chi connectivity index (χ4n) is 4.38. The maximum atomic E-state index is 11.3. The number of rotatable bonds is 3. The van der Waals surface area contributed by atoms with Crippen molar-refractivity contribution in [2.45, 2.75) is 37.2 Å². The highest BCUT2D eigenvalue weighted by atomic mass is 16.5. The number of hydrogen-bond donors (Lipinski definition) is 2. The molecule has 4 aromatic rings. The number of fused-ring (bicyclic) bond motifs is 3. The first-order valence-corrected chi connectivity index (χ1v) is 9.69. The predicted molar refractivity (Wildman–Crippen MR) is 108 cm³/mol. The number of hydrogen-bond acceptors (Lipinski definition) is 7. The zero-order valence-electron chi connectivity index (χ0n) is 16.4. The molecule has 3 N–H and O–H groups in total. The van der Waals surface area contributed by atoms with Crippen molar-refractivity contribution in [1.82, 2.24) is 29.4 Å². The number of aliphatic hydroxyl groups is 1. The molecule has 1 unspecified atom stereocenters. The van der Waals surface area contributed by atoms with E-state index in [2.05, 4.69) is 15.2 Å². The van der Waals surface area contributed by atoms with Crippen LogP contribution in [0.1, 0.15) is 43.0 Å². The molecule has 1 aliphatic rings. The van der Waals surface area contributed by atoms with Gasteiger partial charge in [0.05, 0.1) is 18.9 Å². The van der Waals surface area contributed by atoms with E-state index in [1.54, 1.807) is 22.5 Å². The van der Waals surface area contributed by atoms with E-state index in [4.69, 9.17) is 15.5 Å². The van der Waals surface area contributed by atoms with E-state index < -0.39 is 5.60 Å². The molecule has 150 valence electrons. The van der Waals surface area contributed by atoms with Crippen LogP contribution in [0.2, 0.25) is 0 Å². The SMILES string of the molecule is COc1cccc2c1nc(N)n1nc(C3CCC[C@](O)(c4cnn(C)c4)C3)nc21. The molecule has 29 heavy (non-hydrogen) atoms. The van der Waals surface area contributed by atoms with Gasteiger partial charge in [-0.05, 0) is 37.8 Å². The standard InChI is InChI=1S/C20H23N7O2/c1-26-11-13(10-22-26)20(28)8-4-5-12(9-20)17-24-18-14-6-3-7-15(29-2)16(14)23-19(21)27(18)25-17/h3,6-7,10-12,28H,4-5,8-9H2,1-2H3,(H2,21,23)/t12?,20-/m1/s1. The number of nitrogens with two attached hydrogens (primary N) is 1. The van der Waals surface area contributed by atoms with Crippen molar-refractivity contribution in [1.29, 1.82) is 0 Å². The van der Waals surface area contributed by atoms with Gasteiger partial charge in [0.15, 0.2) is 11.5 Å². The van der Waals surface area contributed by atoms with Crippen LogP contribution < -0.4 is 10.5 Å². The average molecular weight is 393 g/mol. The maximum absolute atomic E-state index is 11.3. The van der Waals surface area contributed by atoms with E-state index in [0.717, 1.165) is 23.8 Å². The van der Waals surface area contributed by atoms with Crippen LogP contribution in [-0.2, 0) is 12.6 Å². The van der Waals surface area contributed by atoms with E-state index in [1.807, 2.05) is 31.4 Å². The number of aromatic nitrogens is 6. The molecule has 0 radical (unpaired) electrons.